The second-order valence-corrected chi connectivity index (χ2v) is 7.41. The highest BCUT2D eigenvalue weighted by Crippen LogP contribution is 2.39. The van der Waals surface area contributed by atoms with Crippen LogP contribution in [0, 0.1) is 17.0 Å². The minimum atomic E-state index is -0.628. The Morgan fingerprint density at radius 2 is 1.19 bits per heavy atom. The number of non-ortho nitro benzene ring substituents is 1. The van der Waals surface area contributed by atoms with E-state index in [2.05, 4.69) is 0 Å². The van der Waals surface area contributed by atoms with Crippen molar-refractivity contribution in [3.63, 3.8) is 0 Å². The fraction of sp³-hybridized carbons (Fsp3) is 0.0909. The van der Waals surface area contributed by atoms with Crippen LogP contribution >= 0.6 is 0 Å². The number of benzene rings is 3. The summed E-state index contributed by atoms with van der Waals surface area (Å²) in [5.74, 6) is -2.27. The minimum absolute atomic E-state index is 0.154. The highest BCUT2D eigenvalue weighted by atomic mass is 16.6. The van der Waals surface area contributed by atoms with E-state index in [1.165, 1.54) is 49.5 Å². The summed E-state index contributed by atoms with van der Waals surface area (Å²) in [5.41, 5.74) is 1.31. The van der Waals surface area contributed by atoms with Gasteiger partial charge in [-0.2, -0.15) is 0 Å². The lowest BCUT2D eigenvalue weighted by Crippen LogP contribution is -2.42. The average molecular weight is 415 g/mol. The molecule has 0 aromatic heterocycles. The topological polar surface area (TPSA) is 118 Å². The number of carbonyl (C=O) groups excluding carboxylic acids is 4. The van der Waals surface area contributed by atoms with E-state index >= 15 is 0 Å². The van der Waals surface area contributed by atoms with E-state index in [4.69, 9.17) is 0 Å². The van der Waals surface area contributed by atoms with Gasteiger partial charge in [0, 0.05) is 52.2 Å². The third kappa shape index (κ3) is 2.31. The van der Waals surface area contributed by atoms with E-state index in [9.17, 15) is 29.3 Å². The molecule has 0 spiro atoms. The number of carbonyl (C=O) groups is 4. The molecular formula is C22H13N3O6. The van der Waals surface area contributed by atoms with Crippen molar-refractivity contribution in [2.75, 3.05) is 11.9 Å². The molecule has 2 heterocycles. The van der Waals surface area contributed by atoms with Gasteiger partial charge in [0.2, 0.25) is 0 Å². The van der Waals surface area contributed by atoms with Gasteiger partial charge in [-0.3, -0.25) is 34.2 Å². The highest BCUT2D eigenvalue weighted by Gasteiger charge is 2.39. The molecule has 4 amide bonds. The van der Waals surface area contributed by atoms with Crippen LogP contribution in [0.25, 0.3) is 10.8 Å². The average Bonchev–Trinajstić information content (AvgIpc) is 2.75. The maximum atomic E-state index is 13.3. The maximum Gasteiger partial charge on any atom is 0.269 e. The van der Waals surface area contributed by atoms with E-state index in [1.54, 1.807) is 6.92 Å². The lowest BCUT2D eigenvalue weighted by molar-refractivity contribution is -0.384. The molecule has 0 atom stereocenters. The van der Waals surface area contributed by atoms with Gasteiger partial charge >= 0.3 is 0 Å². The molecule has 152 valence electrons. The number of amides is 4. The van der Waals surface area contributed by atoms with E-state index < -0.39 is 28.6 Å². The van der Waals surface area contributed by atoms with Crippen LogP contribution in [0.4, 0.5) is 11.4 Å². The van der Waals surface area contributed by atoms with Crippen molar-refractivity contribution in [3.05, 3.63) is 80.4 Å². The van der Waals surface area contributed by atoms with Crippen LogP contribution in [-0.4, -0.2) is 40.5 Å². The Labute approximate surface area is 174 Å². The third-order valence-corrected chi connectivity index (χ3v) is 5.73. The number of imide groups is 2. The summed E-state index contributed by atoms with van der Waals surface area (Å²) < 4.78 is 0. The molecular weight excluding hydrogens is 402 g/mol. The zero-order chi connectivity index (χ0) is 22.2. The number of rotatable bonds is 2. The molecule has 0 bridgehead atoms. The Morgan fingerprint density at radius 1 is 0.742 bits per heavy atom. The molecule has 31 heavy (non-hydrogen) atoms. The Balaban J connectivity index is 1.76. The van der Waals surface area contributed by atoms with Crippen LogP contribution in [-0.2, 0) is 0 Å². The van der Waals surface area contributed by atoms with Gasteiger partial charge in [-0.1, -0.05) is 0 Å². The second-order valence-electron chi connectivity index (χ2n) is 7.41. The van der Waals surface area contributed by atoms with Gasteiger partial charge in [0.1, 0.15) is 0 Å². The number of nitro benzene ring substituents is 1. The highest BCUT2D eigenvalue weighted by molar-refractivity contribution is 6.39. The molecule has 2 aliphatic heterocycles. The smallest absolute Gasteiger partial charge is 0.269 e. The molecule has 2 aliphatic rings. The number of nitro groups is 1. The largest absolute Gasteiger partial charge is 0.277 e. The summed E-state index contributed by atoms with van der Waals surface area (Å²) in [4.78, 5) is 64.3. The standard InChI is InChI=1S/C22H13N3O6/c1-10-9-11(25(30)31)3-8-16(10)24-21(28)14-6-4-12-17-13(20(27)23(2)19(12)26)5-7-15(18(14)17)22(24)29/h3-9H,1-2H3. The van der Waals surface area contributed by atoms with Crippen LogP contribution in [0.15, 0.2) is 42.5 Å². The zero-order valence-electron chi connectivity index (χ0n) is 16.3. The first-order chi connectivity index (χ1) is 14.7. The van der Waals surface area contributed by atoms with Gasteiger partial charge in [0.25, 0.3) is 29.3 Å². The molecule has 0 fully saturated rings. The fourth-order valence-electron chi connectivity index (χ4n) is 4.22. The minimum Gasteiger partial charge on any atom is -0.277 e. The summed E-state index contributed by atoms with van der Waals surface area (Å²) in [5, 5.41) is 11.6. The third-order valence-electron chi connectivity index (χ3n) is 5.73. The molecule has 0 aliphatic carbocycles. The van der Waals surface area contributed by atoms with Crippen molar-refractivity contribution in [3.8, 4) is 0 Å². The molecule has 3 aromatic rings. The van der Waals surface area contributed by atoms with Gasteiger partial charge < -0.3 is 0 Å². The summed E-state index contributed by atoms with van der Waals surface area (Å²) in [6, 6.07) is 9.77. The van der Waals surface area contributed by atoms with Gasteiger partial charge in [0.15, 0.2) is 0 Å². The fourth-order valence-corrected chi connectivity index (χ4v) is 4.22. The maximum absolute atomic E-state index is 13.3. The van der Waals surface area contributed by atoms with Crippen LogP contribution < -0.4 is 4.90 Å². The van der Waals surface area contributed by atoms with Gasteiger partial charge in [0.05, 0.1) is 10.6 Å². The van der Waals surface area contributed by atoms with Crippen molar-refractivity contribution in [1.82, 2.24) is 4.90 Å². The van der Waals surface area contributed by atoms with Crippen molar-refractivity contribution < 1.29 is 24.1 Å². The van der Waals surface area contributed by atoms with E-state index in [0.29, 0.717) is 10.9 Å². The van der Waals surface area contributed by atoms with Gasteiger partial charge in [-0.05, 0) is 42.8 Å². The van der Waals surface area contributed by atoms with Crippen LogP contribution in [0.5, 0.6) is 0 Å². The normalized spacial score (nSPS) is 15.2. The molecule has 9 heteroatoms. The molecule has 0 N–H and O–H groups in total. The van der Waals surface area contributed by atoms with Crippen molar-refractivity contribution in [1.29, 1.82) is 0 Å². The lowest BCUT2D eigenvalue weighted by atomic mass is 9.86. The van der Waals surface area contributed by atoms with Gasteiger partial charge in [-0.15, -0.1) is 0 Å². The predicted octanol–water partition coefficient (Wildman–Crippen LogP) is 3.08. The number of nitrogens with zero attached hydrogens (tertiary/aromatic N) is 3. The van der Waals surface area contributed by atoms with E-state index in [0.717, 1.165) is 9.80 Å². The molecule has 3 aromatic carbocycles. The molecule has 0 saturated carbocycles. The summed E-state index contributed by atoms with van der Waals surface area (Å²) >= 11 is 0. The first kappa shape index (κ1) is 18.6. The molecule has 0 radical (unpaired) electrons. The van der Waals surface area contributed by atoms with E-state index in [1.807, 2.05) is 0 Å². The first-order valence-corrected chi connectivity index (χ1v) is 9.28. The Morgan fingerprint density at radius 3 is 1.61 bits per heavy atom. The SMILES string of the molecule is Cc1cc([N+](=O)[O-])ccc1N1C(=O)c2ccc3c4c(ccc(c24)C1=O)C(=O)N(C)C3=O. The molecule has 9 nitrogen and oxygen atoms in total. The molecule has 5 rings (SSSR count). The van der Waals surface area contributed by atoms with Crippen LogP contribution in [0.3, 0.4) is 0 Å². The number of hydrogen-bond acceptors (Lipinski definition) is 6. The van der Waals surface area contributed by atoms with Crippen molar-refractivity contribution in [2.45, 2.75) is 6.92 Å². The van der Waals surface area contributed by atoms with Crippen LogP contribution in [0.2, 0.25) is 0 Å². The van der Waals surface area contributed by atoms with E-state index in [-0.39, 0.29) is 39.0 Å². The van der Waals surface area contributed by atoms with Gasteiger partial charge in [-0.25, -0.2) is 4.90 Å². The molecule has 0 saturated heterocycles. The predicted molar refractivity (Wildman–Crippen MR) is 109 cm³/mol. The Kier molecular flexibility index (Phi) is 3.63. The summed E-state index contributed by atoms with van der Waals surface area (Å²) in [6.45, 7) is 1.58. The summed E-state index contributed by atoms with van der Waals surface area (Å²) in [7, 11) is 1.38. The zero-order valence-corrected chi connectivity index (χ0v) is 16.3. The lowest BCUT2D eigenvalue weighted by Gasteiger charge is -2.31. The Hall–Kier alpha value is -4.40. The number of aryl methyl sites for hydroxylation is 1. The van der Waals surface area contributed by atoms with Crippen molar-refractivity contribution in [2.24, 2.45) is 0 Å². The monoisotopic (exact) mass is 415 g/mol. The molecule has 0 unspecified atom stereocenters. The van der Waals surface area contributed by atoms with Crippen molar-refractivity contribution >= 4 is 45.8 Å². The summed E-state index contributed by atoms with van der Waals surface area (Å²) in [6.07, 6.45) is 0. The number of anilines is 1. The first-order valence-electron chi connectivity index (χ1n) is 9.28. The van der Waals surface area contributed by atoms with Crippen LogP contribution in [0.1, 0.15) is 47.0 Å². The Bertz CT molecular complexity index is 1350. The second kappa shape index (κ2) is 6.05. The quantitative estimate of drug-likeness (QED) is 0.361. The number of hydrogen-bond donors (Lipinski definition) is 0.